The average molecular weight is 233 g/mol. The van der Waals surface area contributed by atoms with E-state index in [2.05, 4.69) is 35.1 Å². The lowest BCUT2D eigenvalue weighted by Gasteiger charge is -2.13. The Labute approximate surface area is 95.7 Å². The Balaban J connectivity index is 2.26. The molecule has 1 heterocycles. The van der Waals surface area contributed by atoms with Crippen molar-refractivity contribution in [3.05, 3.63) is 30.3 Å². The van der Waals surface area contributed by atoms with Gasteiger partial charge in [0.15, 0.2) is 0 Å². The maximum Gasteiger partial charge on any atom is 0.257 e. The van der Waals surface area contributed by atoms with Gasteiger partial charge in [-0.15, -0.1) is 5.10 Å². The van der Waals surface area contributed by atoms with Gasteiger partial charge in [0.25, 0.3) is 5.88 Å². The third kappa shape index (κ3) is 2.30. The summed E-state index contributed by atoms with van der Waals surface area (Å²) in [5.74, 6) is 1.39. The molecule has 0 amide bonds. The van der Waals surface area contributed by atoms with Gasteiger partial charge in [-0.1, -0.05) is 37.8 Å². The minimum atomic E-state index is -1.51. The highest BCUT2D eigenvalue weighted by molar-refractivity contribution is 6.88. The zero-order valence-corrected chi connectivity index (χ0v) is 10.7. The molecule has 0 spiro atoms. The highest BCUT2D eigenvalue weighted by atomic mass is 28.3. The van der Waals surface area contributed by atoms with Crippen LogP contribution in [0.3, 0.4) is 0 Å². The standard InChI is InChI=1S/C11H15N3OSi/c1-16(2,3)11-10(12-14-13-11)15-9-7-5-4-6-8-9/h4-8H,1-3H3,(H,12,13,14). The molecule has 0 saturated heterocycles. The van der Waals surface area contributed by atoms with E-state index in [1.54, 1.807) is 0 Å². The van der Waals surface area contributed by atoms with Crippen molar-refractivity contribution in [3.63, 3.8) is 0 Å². The summed E-state index contributed by atoms with van der Waals surface area (Å²) in [5.41, 5.74) is 0. The normalized spacial score (nSPS) is 11.4. The van der Waals surface area contributed by atoms with Gasteiger partial charge in [-0.3, -0.25) is 0 Å². The van der Waals surface area contributed by atoms with Crippen LogP contribution in [-0.4, -0.2) is 23.5 Å². The Morgan fingerprint density at radius 3 is 2.38 bits per heavy atom. The number of para-hydroxylation sites is 1. The number of hydrogen-bond donors (Lipinski definition) is 1. The Morgan fingerprint density at radius 1 is 1.06 bits per heavy atom. The van der Waals surface area contributed by atoms with E-state index in [4.69, 9.17) is 4.74 Å². The molecule has 2 aromatic rings. The van der Waals surface area contributed by atoms with Crippen LogP contribution in [0, 0.1) is 0 Å². The third-order valence-electron chi connectivity index (χ3n) is 2.18. The largest absolute Gasteiger partial charge is 0.436 e. The number of rotatable bonds is 3. The van der Waals surface area contributed by atoms with E-state index in [0.717, 1.165) is 11.1 Å². The lowest BCUT2D eigenvalue weighted by Crippen LogP contribution is -2.39. The molecular weight excluding hydrogens is 218 g/mol. The average Bonchev–Trinajstić information content (AvgIpc) is 2.67. The molecule has 1 aromatic carbocycles. The smallest absolute Gasteiger partial charge is 0.257 e. The van der Waals surface area contributed by atoms with Crippen LogP contribution >= 0.6 is 0 Å². The number of benzene rings is 1. The zero-order chi connectivity index (χ0) is 11.6. The van der Waals surface area contributed by atoms with Gasteiger partial charge in [-0.05, 0) is 12.1 Å². The number of hydrogen-bond acceptors (Lipinski definition) is 3. The minimum Gasteiger partial charge on any atom is -0.436 e. The predicted octanol–water partition coefficient (Wildman–Crippen LogP) is 2.14. The van der Waals surface area contributed by atoms with Gasteiger partial charge < -0.3 is 4.74 Å². The Hall–Kier alpha value is -1.62. The van der Waals surface area contributed by atoms with Crippen molar-refractivity contribution in [2.45, 2.75) is 19.6 Å². The van der Waals surface area contributed by atoms with Crippen LogP contribution in [0.4, 0.5) is 0 Å². The monoisotopic (exact) mass is 233 g/mol. The highest BCUT2D eigenvalue weighted by Crippen LogP contribution is 2.18. The fourth-order valence-corrected chi connectivity index (χ4v) is 2.51. The van der Waals surface area contributed by atoms with Crippen molar-refractivity contribution < 1.29 is 4.74 Å². The summed E-state index contributed by atoms with van der Waals surface area (Å²) in [6.45, 7) is 6.63. The maximum absolute atomic E-state index is 5.71. The van der Waals surface area contributed by atoms with E-state index in [1.165, 1.54) is 0 Å². The van der Waals surface area contributed by atoms with Gasteiger partial charge in [0.2, 0.25) is 0 Å². The predicted molar refractivity (Wildman–Crippen MR) is 65.9 cm³/mol. The quantitative estimate of drug-likeness (QED) is 0.826. The van der Waals surface area contributed by atoms with Crippen LogP contribution in [0.25, 0.3) is 0 Å². The van der Waals surface area contributed by atoms with Crippen molar-refractivity contribution in [1.82, 2.24) is 15.4 Å². The first-order valence-corrected chi connectivity index (χ1v) is 8.71. The van der Waals surface area contributed by atoms with E-state index in [1.807, 2.05) is 30.3 Å². The molecule has 5 heteroatoms. The maximum atomic E-state index is 5.71. The highest BCUT2D eigenvalue weighted by Gasteiger charge is 2.25. The summed E-state index contributed by atoms with van der Waals surface area (Å²) in [5, 5.41) is 11.8. The molecular formula is C11H15N3OSi. The molecule has 0 unspecified atom stereocenters. The van der Waals surface area contributed by atoms with E-state index in [0.29, 0.717) is 5.88 Å². The zero-order valence-electron chi connectivity index (χ0n) is 9.69. The van der Waals surface area contributed by atoms with E-state index in [9.17, 15) is 0 Å². The number of nitrogens with zero attached hydrogens (tertiary/aromatic N) is 2. The van der Waals surface area contributed by atoms with Crippen LogP contribution < -0.4 is 10.1 Å². The van der Waals surface area contributed by atoms with Gasteiger partial charge in [0.1, 0.15) is 19.1 Å². The fraction of sp³-hybridized carbons (Fsp3) is 0.273. The first-order valence-electron chi connectivity index (χ1n) is 5.21. The molecule has 0 atom stereocenters. The molecule has 84 valence electrons. The van der Waals surface area contributed by atoms with Gasteiger partial charge in [0.05, 0.1) is 0 Å². The summed E-state index contributed by atoms with van der Waals surface area (Å²) < 4.78 is 5.71. The Kier molecular flexibility index (Phi) is 2.78. The Bertz CT molecular complexity index is 462. The molecule has 0 fully saturated rings. The Morgan fingerprint density at radius 2 is 1.75 bits per heavy atom. The minimum absolute atomic E-state index is 0.602. The van der Waals surface area contributed by atoms with Gasteiger partial charge in [-0.25, -0.2) is 0 Å². The van der Waals surface area contributed by atoms with E-state index >= 15 is 0 Å². The summed E-state index contributed by atoms with van der Waals surface area (Å²) in [6.07, 6.45) is 0. The van der Waals surface area contributed by atoms with Crippen molar-refractivity contribution in [3.8, 4) is 11.6 Å². The number of H-pyrrole nitrogens is 1. The molecule has 0 radical (unpaired) electrons. The summed E-state index contributed by atoms with van der Waals surface area (Å²) in [7, 11) is -1.51. The van der Waals surface area contributed by atoms with Crippen LogP contribution in [0.2, 0.25) is 19.6 Å². The van der Waals surface area contributed by atoms with E-state index in [-0.39, 0.29) is 0 Å². The number of nitrogens with one attached hydrogen (secondary N) is 1. The van der Waals surface area contributed by atoms with Gasteiger partial charge in [0, 0.05) is 0 Å². The first-order chi connectivity index (χ1) is 7.57. The summed E-state index contributed by atoms with van der Waals surface area (Å²) in [4.78, 5) is 0. The third-order valence-corrected chi connectivity index (χ3v) is 3.93. The summed E-state index contributed by atoms with van der Waals surface area (Å²) >= 11 is 0. The van der Waals surface area contributed by atoms with Crippen LogP contribution in [-0.2, 0) is 0 Å². The molecule has 2 rings (SSSR count). The first kappa shape index (κ1) is 10.9. The molecule has 0 aliphatic carbocycles. The molecule has 1 N–H and O–H groups in total. The summed E-state index contributed by atoms with van der Waals surface area (Å²) in [6, 6.07) is 9.63. The molecule has 16 heavy (non-hydrogen) atoms. The molecule has 0 aliphatic heterocycles. The SMILES string of the molecule is C[Si](C)(C)c1n[nH]nc1Oc1ccccc1. The fourth-order valence-electron chi connectivity index (χ4n) is 1.38. The second-order valence-corrected chi connectivity index (χ2v) is 9.62. The number of aromatic nitrogens is 3. The van der Waals surface area contributed by atoms with Crippen molar-refractivity contribution in [1.29, 1.82) is 0 Å². The lowest BCUT2D eigenvalue weighted by molar-refractivity contribution is 0.464. The second-order valence-electron chi connectivity index (χ2n) is 4.64. The number of ether oxygens (including phenoxy) is 1. The topological polar surface area (TPSA) is 50.8 Å². The van der Waals surface area contributed by atoms with Crippen LogP contribution in [0.15, 0.2) is 30.3 Å². The van der Waals surface area contributed by atoms with E-state index < -0.39 is 8.07 Å². The molecule has 1 aromatic heterocycles. The van der Waals surface area contributed by atoms with Crippen LogP contribution in [0.1, 0.15) is 0 Å². The van der Waals surface area contributed by atoms with Crippen molar-refractivity contribution in [2.75, 3.05) is 0 Å². The molecule has 4 nitrogen and oxygen atoms in total. The lowest BCUT2D eigenvalue weighted by atomic mass is 10.3. The molecule has 0 saturated carbocycles. The second kappa shape index (κ2) is 4.09. The molecule has 0 bridgehead atoms. The van der Waals surface area contributed by atoms with Crippen molar-refractivity contribution >= 4 is 13.4 Å². The molecule has 0 aliphatic rings. The number of aromatic amines is 1. The van der Waals surface area contributed by atoms with Crippen molar-refractivity contribution in [2.24, 2.45) is 0 Å². The van der Waals surface area contributed by atoms with Gasteiger partial charge in [-0.2, -0.15) is 10.3 Å². The van der Waals surface area contributed by atoms with Crippen LogP contribution in [0.5, 0.6) is 11.6 Å². The van der Waals surface area contributed by atoms with Gasteiger partial charge >= 0.3 is 0 Å².